The first-order valence-corrected chi connectivity index (χ1v) is 6.53. The van der Waals surface area contributed by atoms with Gasteiger partial charge in [0, 0.05) is 17.5 Å². The van der Waals surface area contributed by atoms with E-state index in [1.54, 1.807) is 6.07 Å². The predicted molar refractivity (Wildman–Crippen MR) is 77.3 cm³/mol. The summed E-state index contributed by atoms with van der Waals surface area (Å²) in [5.74, 6) is 6.17. The van der Waals surface area contributed by atoms with E-state index in [9.17, 15) is 4.79 Å². The smallest absolute Gasteiger partial charge is 0.251 e. The first-order chi connectivity index (χ1) is 10.2. The zero-order valence-electron chi connectivity index (χ0n) is 11.7. The zero-order valence-corrected chi connectivity index (χ0v) is 11.7. The summed E-state index contributed by atoms with van der Waals surface area (Å²) < 4.78 is 0. The molecule has 1 aromatic carbocycles. The monoisotopic (exact) mass is 284 g/mol. The van der Waals surface area contributed by atoms with Crippen molar-refractivity contribution < 1.29 is 9.90 Å². The highest BCUT2D eigenvalue weighted by atomic mass is 16.2. The van der Waals surface area contributed by atoms with Gasteiger partial charge in [0.05, 0.1) is 13.2 Å². The lowest BCUT2D eigenvalue weighted by atomic mass is 10.0. The first kappa shape index (κ1) is 14.8. The van der Waals surface area contributed by atoms with Crippen LogP contribution in [0, 0.1) is 18.8 Å². The molecule has 0 aliphatic heterocycles. The lowest BCUT2D eigenvalue weighted by Crippen LogP contribution is -2.24. The Morgan fingerprint density at radius 3 is 3.05 bits per heavy atom. The summed E-state index contributed by atoms with van der Waals surface area (Å²) >= 11 is 0. The summed E-state index contributed by atoms with van der Waals surface area (Å²) in [4.78, 5) is 16.1. The Kier molecular flexibility index (Phi) is 5.07. The standard InChI is InChI=1S/C15H16N4O2/c1-11-5-6-12(4-2-3-7-20)8-13(11)15(21)16-9-14-17-10-18-19-14/h5-6,8,10,20H,3,7,9H2,1H3,(H,16,21)(H,17,18,19). The van der Waals surface area contributed by atoms with E-state index in [-0.39, 0.29) is 12.5 Å². The number of hydrogen-bond donors (Lipinski definition) is 3. The van der Waals surface area contributed by atoms with Crippen LogP contribution in [0.15, 0.2) is 24.5 Å². The van der Waals surface area contributed by atoms with Crippen LogP contribution in [0.4, 0.5) is 0 Å². The molecular formula is C15H16N4O2. The van der Waals surface area contributed by atoms with Gasteiger partial charge in [0.2, 0.25) is 0 Å². The zero-order chi connectivity index (χ0) is 15.1. The molecule has 0 aliphatic rings. The van der Waals surface area contributed by atoms with Crippen molar-refractivity contribution >= 4 is 5.91 Å². The average molecular weight is 284 g/mol. The molecule has 0 aliphatic carbocycles. The van der Waals surface area contributed by atoms with Crippen LogP contribution in [0.2, 0.25) is 0 Å². The Hall–Kier alpha value is -2.65. The third-order valence-corrected chi connectivity index (χ3v) is 2.83. The molecule has 1 aromatic heterocycles. The highest BCUT2D eigenvalue weighted by Crippen LogP contribution is 2.11. The van der Waals surface area contributed by atoms with E-state index < -0.39 is 0 Å². The fourth-order valence-corrected chi connectivity index (χ4v) is 1.74. The van der Waals surface area contributed by atoms with Gasteiger partial charge in [0.1, 0.15) is 12.2 Å². The third-order valence-electron chi connectivity index (χ3n) is 2.83. The number of benzene rings is 1. The Balaban J connectivity index is 2.09. The van der Waals surface area contributed by atoms with Crippen molar-refractivity contribution in [1.29, 1.82) is 0 Å². The van der Waals surface area contributed by atoms with Gasteiger partial charge in [-0.25, -0.2) is 4.98 Å². The number of carbonyl (C=O) groups is 1. The minimum absolute atomic E-state index is 0.0311. The van der Waals surface area contributed by atoms with Gasteiger partial charge in [-0.3, -0.25) is 9.89 Å². The highest BCUT2D eigenvalue weighted by molar-refractivity contribution is 5.95. The second kappa shape index (κ2) is 7.22. The van der Waals surface area contributed by atoms with Gasteiger partial charge in [-0.05, 0) is 24.6 Å². The molecule has 0 saturated carbocycles. The summed E-state index contributed by atoms with van der Waals surface area (Å²) in [7, 11) is 0. The molecule has 0 saturated heterocycles. The number of aliphatic hydroxyl groups excluding tert-OH is 1. The van der Waals surface area contributed by atoms with E-state index in [2.05, 4.69) is 32.3 Å². The lowest BCUT2D eigenvalue weighted by molar-refractivity contribution is 0.0949. The summed E-state index contributed by atoms with van der Waals surface area (Å²) in [5, 5.41) is 17.9. The Morgan fingerprint density at radius 1 is 1.48 bits per heavy atom. The summed E-state index contributed by atoms with van der Waals surface area (Å²) in [6.45, 7) is 2.19. The number of aromatic amines is 1. The van der Waals surface area contributed by atoms with Crippen LogP contribution in [0.1, 0.15) is 33.7 Å². The number of H-pyrrole nitrogens is 1. The molecule has 1 heterocycles. The molecule has 0 atom stereocenters. The second-order valence-electron chi connectivity index (χ2n) is 4.42. The molecule has 0 spiro atoms. The number of amides is 1. The number of nitrogens with one attached hydrogen (secondary N) is 2. The molecule has 0 unspecified atom stereocenters. The van der Waals surface area contributed by atoms with Crippen LogP contribution in [0.3, 0.4) is 0 Å². The number of aliphatic hydroxyl groups is 1. The predicted octanol–water partition coefficient (Wildman–Crippen LogP) is 0.777. The maximum atomic E-state index is 12.2. The Morgan fingerprint density at radius 2 is 2.33 bits per heavy atom. The van der Waals surface area contributed by atoms with Crippen molar-refractivity contribution in [3.8, 4) is 11.8 Å². The molecule has 3 N–H and O–H groups in total. The van der Waals surface area contributed by atoms with E-state index in [1.807, 2.05) is 19.1 Å². The normalized spacial score (nSPS) is 9.81. The molecule has 2 aromatic rings. The summed E-state index contributed by atoms with van der Waals surface area (Å²) in [6.07, 6.45) is 1.81. The van der Waals surface area contributed by atoms with Gasteiger partial charge in [-0.15, -0.1) is 0 Å². The number of rotatable bonds is 4. The van der Waals surface area contributed by atoms with Crippen molar-refractivity contribution in [3.63, 3.8) is 0 Å². The average Bonchev–Trinajstić information content (AvgIpc) is 3.00. The van der Waals surface area contributed by atoms with Crippen LogP contribution in [0.25, 0.3) is 0 Å². The van der Waals surface area contributed by atoms with Gasteiger partial charge in [0.15, 0.2) is 0 Å². The van der Waals surface area contributed by atoms with Gasteiger partial charge in [-0.2, -0.15) is 5.10 Å². The lowest BCUT2D eigenvalue weighted by Gasteiger charge is -2.07. The van der Waals surface area contributed by atoms with Gasteiger partial charge >= 0.3 is 0 Å². The SMILES string of the molecule is Cc1ccc(C#CCCO)cc1C(=O)NCc1ncn[nH]1. The van der Waals surface area contributed by atoms with Crippen LogP contribution >= 0.6 is 0 Å². The number of hydrogen-bond acceptors (Lipinski definition) is 4. The van der Waals surface area contributed by atoms with Crippen molar-refractivity contribution in [2.45, 2.75) is 19.9 Å². The van der Waals surface area contributed by atoms with E-state index in [4.69, 9.17) is 5.11 Å². The molecule has 0 bridgehead atoms. The minimum Gasteiger partial charge on any atom is -0.395 e. The molecule has 1 amide bonds. The fraction of sp³-hybridized carbons (Fsp3) is 0.267. The molecular weight excluding hydrogens is 268 g/mol. The molecule has 6 nitrogen and oxygen atoms in total. The first-order valence-electron chi connectivity index (χ1n) is 6.53. The Labute approximate surface area is 122 Å². The largest absolute Gasteiger partial charge is 0.395 e. The number of carbonyl (C=O) groups excluding carboxylic acids is 1. The number of aryl methyl sites for hydroxylation is 1. The van der Waals surface area contributed by atoms with E-state index in [0.717, 1.165) is 11.1 Å². The van der Waals surface area contributed by atoms with Crippen molar-refractivity contribution in [3.05, 3.63) is 47.0 Å². The maximum Gasteiger partial charge on any atom is 0.251 e. The Bertz CT molecular complexity index is 669. The quantitative estimate of drug-likeness (QED) is 0.723. The molecule has 0 fully saturated rings. The van der Waals surface area contributed by atoms with E-state index in [1.165, 1.54) is 6.33 Å². The van der Waals surface area contributed by atoms with Crippen LogP contribution in [0.5, 0.6) is 0 Å². The molecule has 6 heteroatoms. The summed E-state index contributed by atoms with van der Waals surface area (Å²) in [6, 6.07) is 5.45. The van der Waals surface area contributed by atoms with Crippen LogP contribution < -0.4 is 5.32 Å². The van der Waals surface area contributed by atoms with E-state index >= 15 is 0 Å². The topological polar surface area (TPSA) is 90.9 Å². The number of nitrogens with zero attached hydrogens (tertiary/aromatic N) is 2. The molecule has 0 radical (unpaired) electrons. The highest BCUT2D eigenvalue weighted by Gasteiger charge is 2.09. The van der Waals surface area contributed by atoms with Gasteiger partial charge in [0.25, 0.3) is 5.91 Å². The molecule has 108 valence electrons. The molecule has 2 rings (SSSR count). The fourth-order valence-electron chi connectivity index (χ4n) is 1.74. The minimum atomic E-state index is -0.185. The molecule has 21 heavy (non-hydrogen) atoms. The van der Waals surface area contributed by atoms with Gasteiger partial charge in [-0.1, -0.05) is 17.9 Å². The summed E-state index contributed by atoms with van der Waals surface area (Å²) in [5.41, 5.74) is 2.20. The maximum absolute atomic E-state index is 12.2. The van der Waals surface area contributed by atoms with Crippen molar-refractivity contribution in [2.24, 2.45) is 0 Å². The van der Waals surface area contributed by atoms with Crippen LogP contribution in [-0.2, 0) is 6.54 Å². The van der Waals surface area contributed by atoms with Crippen LogP contribution in [-0.4, -0.2) is 32.8 Å². The van der Waals surface area contributed by atoms with Crippen molar-refractivity contribution in [1.82, 2.24) is 20.5 Å². The van der Waals surface area contributed by atoms with Gasteiger partial charge < -0.3 is 10.4 Å². The van der Waals surface area contributed by atoms with Crippen molar-refractivity contribution in [2.75, 3.05) is 6.61 Å². The van der Waals surface area contributed by atoms with E-state index in [0.29, 0.717) is 24.4 Å². The third kappa shape index (κ3) is 4.16. The number of aromatic nitrogens is 3. The second-order valence-corrected chi connectivity index (χ2v) is 4.42.